The zero-order chi connectivity index (χ0) is 12.7. The second-order valence-corrected chi connectivity index (χ2v) is 5.41. The molecule has 17 heavy (non-hydrogen) atoms. The molecule has 1 aliphatic heterocycles. The number of carbonyl (C=O) groups excluding carboxylic acids is 1. The smallest absolute Gasteiger partial charge is 0.326 e. The molecule has 2 atom stereocenters. The largest absolute Gasteiger partial charge is 0.480 e. The van der Waals surface area contributed by atoms with Gasteiger partial charge in [-0.05, 0) is 30.3 Å². The monoisotopic (exact) mass is 260 g/mol. The highest BCUT2D eigenvalue weighted by molar-refractivity contribution is 7.99. The maximum Gasteiger partial charge on any atom is 0.326 e. The van der Waals surface area contributed by atoms with Crippen molar-refractivity contribution in [2.24, 2.45) is 5.92 Å². The summed E-state index contributed by atoms with van der Waals surface area (Å²) in [5.74, 6) is 1.79. The standard InChI is InChI=1S/C11H20N2O3S/c1-2-3-9(10(14)15)13-11(16)12-6-8-4-5-17-7-8/h8-9H,2-7H2,1H3,(H,14,15)(H2,12,13,16). The molecular formula is C11H20N2O3S. The van der Waals surface area contributed by atoms with Crippen molar-refractivity contribution in [3.63, 3.8) is 0 Å². The molecule has 0 aromatic rings. The van der Waals surface area contributed by atoms with Crippen molar-refractivity contribution in [3.8, 4) is 0 Å². The minimum Gasteiger partial charge on any atom is -0.480 e. The molecule has 98 valence electrons. The molecule has 0 radical (unpaired) electrons. The quantitative estimate of drug-likeness (QED) is 0.672. The van der Waals surface area contributed by atoms with E-state index >= 15 is 0 Å². The number of aliphatic carboxylic acids is 1. The van der Waals surface area contributed by atoms with Gasteiger partial charge in [-0.15, -0.1) is 0 Å². The highest BCUT2D eigenvalue weighted by Crippen LogP contribution is 2.22. The van der Waals surface area contributed by atoms with Crippen molar-refractivity contribution in [2.75, 3.05) is 18.1 Å². The van der Waals surface area contributed by atoms with Crippen molar-refractivity contribution in [3.05, 3.63) is 0 Å². The molecule has 1 aliphatic rings. The van der Waals surface area contributed by atoms with Crippen molar-refractivity contribution >= 4 is 23.8 Å². The number of carboxylic acid groups (broad SMARTS) is 1. The molecule has 1 rings (SSSR count). The van der Waals surface area contributed by atoms with E-state index in [0.29, 0.717) is 18.9 Å². The predicted molar refractivity (Wildman–Crippen MR) is 68.3 cm³/mol. The molecule has 0 spiro atoms. The molecule has 0 saturated carbocycles. The first kappa shape index (κ1) is 14.2. The second-order valence-electron chi connectivity index (χ2n) is 4.26. The summed E-state index contributed by atoms with van der Waals surface area (Å²) in [5, 5.41) is 14.1. The van der Waals surface area contributed by atoms with Gasteiger partial charge in [-0.3, -0.25) is 0 Å². The Labute approximate surface area is 106 Å². The SMILES string of the molecule is CCCC(NC(=O)NCC1CCSC1)C(=O)O. The molecule has 0 bridgehead atoms. The molecule has 1 fully saturated rings. The zero-order valence-corrected chi connectivity index (χ0v) is 10.9. The number of carboxylic acids is 1. The van der Waals surface area contributed by atoms with Gasteiger partial charge in [0, 0.05) is 6.54 Å². The van der Waals surface area contributed by atoms with E-state index in [0.717, 1.165) is 24.3 Å². The Kier molecular flexibility index (Phi) is 6.18. The van der Waals surface area contributed by atoms with E-state index < -0.39 is 12.0 Å². The van der Waals surface area contributed by atoms with Crippen LogP contribution in [0.1, 0.15) is 26.2 Å². The van der Waals surface area contributed by atoms with Crippen LogP contribution in [0.25, 0.3) is 0 Å². The number of amides is 2. The maximum absolute atomic E-state index is 11.5. The van der Waals surface area contributed by atoms with Crippen LogP contribution >= 0.6 is 11.8 Å². The molecule has 2 amide bonds. The summed E-state index contributed by atoms with van der Waals surface area (Å²) in [6.07, 6.45) is 2.32. The third-order valence-electron chi connectivity index (χ3n) is 2.76. The summed E-state index contributed by atoms with van der Waals surface area (Å²) >= 11 is 1.89. The lowest BCUT2D eigenvalue weighted by molar-refractivity contribution is -0.139. The van der Waals surface area contributed by atoms with Gasteiger partial charge in [0.15, 0.2) is 0 Å². The second kappa shape index (κ2) is 7.42. The van der Waals surface area contributed by atoms with Crippen LogP contribution in [0.2, 0.25) is 0 Å². The molecule has 6 heteroatoms. The third kappa shape index (κ3) is 5.30. The Morgan fingerprint density at radius 2 is 2.29 bits per heavy atom. The van der Waals surface area contributed by atoms with E-state index in [1.165, 1.54) is 0 Å². The van der Waals surface area contributed by atoms with E-state index in [4.69, 9.17) is 5.11 Å². The van der Waals surface area contributed by atoms with E-state index in [1.807, 2.05) is 18.7 Å². The number of hydrogen-bond donors (Lipinski definition) is 3. The Bertz CT molecular complexity index is 267. The lowest BCUT2D eigenvalue weighted by atomic mass is 10.1. The van der Waals surface area contributed by atoms with Gasteiger partial charge in [-0.2, -0.15) is 11.8 Å². The Morgan fingerprint density at radius 1 is 1.53 bits per heavy atom. The number of nitrogens with one attached hydrogen (secondary N) is 2. The molecule has 2 unspecified atom stereocenters. The van der Waals surface area contributed by atoms with Crippen LogP contribution in [-0.4, -0.2) is 41.2 Å². The predicted octanol–water partition coefficient (Wildman–Crippen LogP) is 1.29. The fraction of sp³-hybridized carbons (Fsp3) is 0.818. The van der Waals surface area contributed by atoms with Crippen molar-refractivity contribution in [2.45, 2.75) is 32.2 Å². The summed E-state index contributed by atoms with van der Waals surface area (Å²) < 4.78 is 0. The molecular weight excluding hydrogens is 240 g/mol. The molecule has 0 aliphatic carbocycles. The normalized spacial score (nSPS) is 20.9. The third-order valence-corrected chi connectivity index (χ3v) is 3.99. The van der Waals surface area contributed by atoms with Gasteiger partial charge in [0.2, 0.25) is 0 Å². The highest BCUT2D eigenvalue weighted by atomic mass is 32.2. The van der Waals surface area contributed by atoms with Crippen LogP contribution in [0.15, 0.2) is 0 Å². The van der Waals surface area contributed by atoms with Crippen LogP contribution in [0, 0.1) is 5.92 Å². The van der Waals surface area contributed by atoms with Gasteiger partial charge in [-0.25, -0.2) is 9.59 Å². The molecule has 0 aromatic heterocycles. The summed E-state index contributed by atoms with van der Waals surface area (Å²) in [7, 11) is 0. The van der Waals surface area contributed by atoms with E-state index in [9.17, 15) is 9.59 Å². The number of rotatable bonds is 6. The Hall–Kier alpha value is -0.910. The van der Waals surface area contributed by atoms with Crippen LogP contribution < -0.4 is 10.6 Å². The topological polar surface area (TPSA) is 78.4 Å². The number of urea groups is 1. The molecule has 1 saturated heterocycles. The van der Waals surface area contributed by atoms with Crippen LogP contribution in [0.5, 0.6) is 0 Å². The fourth-order valence-electron chi connectivity index (χ4n) is 1.74. The minimum atomic E-state index is -0.974. The molecule has 0 aromatic carbocycles. The zero-order valence-electron chi connectivity index (χ0n) is 10.1. The van der Waals surface area contributed by atoms with E-state index in [2.05, 4.69) is 10.6 Å². The lowest BCUT2D eigenvalue weighted by Crippen LogP contribution is -2.47. The lowest BCUT2D eigenvalue weighted by Gasteiger charge is -2.15. The molecule has 5 nitrogen and oxygen atoms in total. The van der Waals surface area contributed by atoms with Crippen LogP contribution in [-0.2, 0) is 4.79 Å². The summed E-state index contributed by atoms with van der Waals surface area (Å²) in [4.78, 5) is 22.3. The van der Waals surface area contributed by atoms with Crippen LogP contribution in [0.3, 0.4) is 0 Å². The average Bonchev–Trinajstić information content (AvgIpc) is 2.78. The Morgan fingerprint density at radius 3 is 2.82 bits per heavy atom. The average molecular weight is 260 g/mol. The molecule has 3 N–H and O–H groups in total. The van der Waals surface area contributed by atoms with Gasteiger partial charge < -0.3 is 15.7 Å². The summed E-state index contributed by atoms with van der Waals surface area (Å²) in [6, 6.07) is -1.15. The van der Waals surface area contributed by atoms with Crippen LogP contribution in [0.4, 0.5) is 4.79 Å². The summed E-state index contributed by atoms with van der Waals surface area (Å²) in [5.41, 5.74) is 0. The number of thioether (sulfide) groups is 1. The van der Waals surface area contributed by atoms with Crippen molar-refractivity contribution in [1.29, 1.82) is 0 Å². The van der Waals surface area contributed by atoms with Gasteiger partial charge in [0.25, 0.3) is 0 Å². The van der Waals surface area contributed by atoms with Gasteiger partial charge >= 0.3 is 12.0 Å². The van der Waals surface area contributed by atoms with Gasteiger partial charge in [-0.1, -0.05) is 13.3 Å². The van der Waals surface area contributed by atoms with Crippen molar-refractivity contribution in [1.82, 2.24) is 10.6 Å². The van der Waals surface area contributed by atoms with E-state index in [-0.39, 0.29) is 6.03 Å². The number of hydrogen-bond acceptors (Lipinski definition) is 3. The van der Waals surface area contributed by atoms with Crippen molar-refractivity contribution < 1.29 is 14.7 Å². The molecule has 1 heterocycles. The number of carbonyl (C=O) groups is 2. The first-order valence-electron chi connectivity index (χ1n) is 5.98. The first-order valence-corrected chi connectivity index (χ1v) is 7.13. The maximum atomic E-state index is 11.5. The fourth-order valence-corrected chi connectivity index (χ4v) is 3.02. The summed E-state index contributed by atoms with van der Waals surface area (Å²) in [6.45, 7) is 2.53. The highest BCUT2D eigenvalue weighted by Gasteiger charge is 2.20. The van der Waals surface area contributed by atoms with Gasteiger partial charge in [0.05, 0.1) is 0 Å². The minimum absolute atomic E-state index is 0.372. The Balaban J connectivity index is 2.23. The van der Waals surface area contributed by atoms with E-state index in [1.54, 1.807) is 0 Å². The van der Waals surface area contributed by atoms with Gasteiger partial charge in [0.1, 0.15) is 6.04 Å². The first-order chi connectivity index (χ1) is 8.13.